The largest absolute Gasteiger partial charge is 0.486 e. The number of benzene rings is 2. The standard InChI is InChI=1S/C19H20N2O3/c1-13-2-4-14(5-3-13)19(8-9-19)21-18(22)20-15-6-7-16-17(12-15)24-11-10-23-16/h2-7,12H,8-11H2,1H3,(H2,20,21,22). The Bertz CT molecular complexity index is 767. The smallest absolute Gasteiger partial charge is 0.319 e. The van der Waals surface area contributed by atoms with E-state index in [4.69, 9.17) is 9.47 Å². The van der Waals surface area contributed by atoms with Gasteiger partial charge in [0.15, 0.2) is 11.5 Å². The summed E-state index contributed by atoms with van der Waals surface area (Å²) in [5.74, 6) is 1.38. The number of urea groups is 1. The summed E-state index contributed by atoms with van der Waals surface area (Å²) in [5.41, 5.74) is 2.84. The molecule has 0 saturated heterocycles. The summed E-state index contributed by atoms with van der Waals surface area (Å²) in [6.45, 7) is 3.14. The van der Waals surface area contributed by atoms with Gasteiger partial charge in [0.2, 0.25) is 0 Å². The molecule has 0 aromatic heterocycles. The van der Waals surface area contributed by atoms with Crippen molar-refractivity contribution in [1.29, 1.82) is 0 Å². The number of fused-ring (bicyclic) bond motifs is 1. The molecule has 1 fully saturated rings. The van der Waals surface area contributed by atoms with Gasteiger partial charge >= 0.3 is 6.03 Å². The number of amides is 2. The first-order valence-corrected chi connectivity index (χ1v) is 8.21. The zero-order valence-corrected chi connectivity index (χ0v) is 13.6. The molecule has 1 aliphatic heterocycles. The van der Waals surface area contributed by atoms with E-state index in [1.807, 2.05) is 12.1 Å². The lowest BCUT2D eigenvalue weighted by Crippen LogP contribution is -2.38. The highest BCUT2D eigenvalue weighted by Gasteiger charge is 2.45. The fourth-order valence-electron chi connectivity index (χ4n) is 2.98. The highest BCUT2D eigenvalue weighted by atomic mass is 16.6. The van der Waals surface area contributed by atoms with Crippen LogP contribution in [0.4, 0.5) is 10.5 Å². The van der Waals surface area contributed by atoms with Crippen molar-refractivity contribution in [3.8, 4) is 11.5 Å². The molecule has 2 N–H and O–H groups in total. The second kappa shape index (κ2) is 5.74. The van der Waals surface area contributed by atoms with E-state index < -0.39 is 0 Å². The summed E-state index contributed by atoms with van der Waals surface area (Å²) >= 11 is 0. The van der Waals surface area contributed by atoms with Crippen LogP contribution in [-0.2, 0) is 5.54 Å². The normalized spacial score (nSPS) is 17.0. The van der Waals surface area contributed by atoms with Crippen molar-refractivity contribution in [3.63, 3.8) is 0 Å². The fraction of sp³-hybridized carbons (Fsp3) is 0.316. The van der Waals surface area contributed by atoms with Crippen LogP contribution < -0.4 is 20.1 Å². The predicted molar refractivity (Wildman–Crippen MR) is 91.7 cm³/mol. The lowest BCUT2D eigenvalue weighted by molar-refractivity contribution is 0.171. The van der Waals surface area contributed by atoms with Crippen molar-refractivity contribution in [2.24, 2.45) is 0 Å². The highest BCUT2D eigenvalue weighted by molar-refractivity contribution is 5.90. The first-order chi connectivity index (χ1) is 11.6. The second-order valence-corrected chi connectivity index (χ2v) is 6.39. The Hall–Kier alpha value is -2.69. The molecule has 2 amide bonds. The molecular weight excluding hydrogens is 304 g/mol. The number of nitrogens with one attached hydrogen (secondary N) is 2. The summed E-state index contributed by atoms with van der Waals surface area (Å²) < 4.78 is 11.0. The molecule has 1 saturated carbocycles. The zero-order valence-electron chi connectivity index (χ0n) is 13.6. The van der Waals surface area contributed by atoms with Crippen LogP contribution in [0.2, 0.25) is 0 Å². The van der Waals surface area contributed by atoms with Gasteiger partial charge in [-0.2, -0.15) is 0 Å². The second-order valence-electron chi connectivity index (χ2n) is 6.39. The van der Waals surface area contributed by atoms with E-state index in [0.717, 1.165) is 18.4 Å². The van der Waals surface area contributed by atoms with Crippen molar-refractivity contribution < 1.29 is 14.3 Å². The molecule has 5 nitrogen and oxygen atoms in total. The van der Waals surface area contributed by atoms with E-state index in [1.165, 1.54) is 5.56 Å². The third-order valence-corrected chi connectivity index (χ3v) is 4.51. The lowest BCUT2D eigenvalue weighted by Gasteiger charge is -2.21. The van der Waals surface area contributed by atoms with E-state index in [1.54, 1.807) is 6.07 Å². The molecule has 2 aliphatic rings. The van der Waals surface area contributed by atoms with Crippen LogP contribution in [0.25, 0.3) is 0 Å². The summed E-state index contributed by atoms with van der Waals surface area (Å²) in [6, 6.07) is 13.6. The average molecular weight is 324 g/mol. The van der Waals surface area contributed by atoms with Gasteiger partial charge in [0.05, 0.1) is 5.54 Å². The number of anilines is 1. The Morgan fingerprint density at radius 2 is 1.71 bits per heavy atom. The molecule has 0 spiro atoms. The number of hydrogen-bond donors (Lipinski definition) is 2. The molecule has 0 atom stereocenters. The molecule has 1 aliphatic carbocycles. The van der Waals surface area contributed by atoms with Crippen molar-refractivity contribution in [2.75, 3.05) is 18.5 Å². The molecule has 124 valence electrons. The minimum absolute atomic E-state index is 0.204. The molecule has 0 bridgehead atoms. The SMILES string of the molecule is Cc1ccc(C2(NC(=O)Nc3ccc4c(c3)OCCO4)CC2)cc1. The number of carbonyl (C=O) groups excluding carboxylic acids is 1. The third-order valence-electron chi connectivity index (χ3n) is 4.51. The van der Waals surface area contributed by atoms with E-state index in [9.17, 15) is 4.79 Å². The molecule has 4 rings (SSSR count). The summed E-state index contributed by atoms with van der Waals surface area (Å²) in [6.07, 6.45) is 1.93. The Labute approximate surface area is 141 Å². The van der Waals surface area contributed by atoms with Crippen LogP contribution in [0, 0.1) is 6.92 Å². The fourth-order valence-corrected chi connectivity index (χ4v) is 2.98. The quantitative estimate of drug-likeness (QED) is 0.907. The molecule has 2 aromatic carbocycles. The highest BCUT2D eigenvalue weighted by Crippen LogP contribution is 2.45. The first kappa shape index (κ1) is 14.9. The zero-order chi connectivity index (χ0) is 16.6. The van der Waals surface area contributed by atoms with Gasteiger partial charge in [0, 0.05) is 11.8 Å². The van der Waals surface area contributed by atoms with Crippen molar-refractivity contribution in [1.82, 2.24) is 5.32 Å². The number of aryl methyl sites for hydroxylation is 1. The number of ether oxygens (including phenoxy) is 2. The van der Waals surface area contributed by atoms with E-state index >= 15 is 0 Å². The van der Waals surface area contributed by atoms with Crippen LogP contribution in [0.15, 0.2) is 42.5 Å². The van der Waals surface area contributed by atoms with Crippen LogP contribution in [0.3, 0.4) is 0 Å². The summed E-state index contributed by atoms with van der Waals surface area (Å²) in [7, 11) is 0. The Kier molecular flexibility index (Phi) is 3.56. The van der Waals surface area contributed by atoms with Gasteiger partial charge < -0.3 is 20.1 Å². The van der Waals surface area contributed by atoms with Gasteiger partial charge in [-0.25, -0.2) is 4.79 Å². The summed E-state index contributed by atoms with van der Waals surface area (Å²) in [4.78, 5) is 12.4. The molecule has 24 heavy (non-hydrogen) atoms. The molecule has 0 radical (unpaired) electrons. The summed E-state index contributed by atoms with van der Waals surface area (Å²) in [5, 5.41) is 5.99. The number of hydrogen-bond acceptors (Lipinski definition) is 3. The first-order valence-electron chi connectivity index (χ1n) is 8.21. The maximum atomic E-state index is 12.4. The van der Waals surface area contributed by atoms with Crippen molar-refractivity contribution in [2.45, 2.75) is 25.3 Å². The van der Waals surface area contributed by atoms with Gasteiger partial charge in [-0.1, -0.05) is 29.8 Å². The number of rotatable bonds is 3. The van der Waals surface area contributed by atoms with Crippen LogP contribution in [-0.4, -0.2) is 19.2 Å². The molecule has 1 heterocycles. The van der Waals surface area contributed by atoms with Gasteiger partial charge in [-0.15, -0.1) is 0 Å². The molecule has 5 heteroatoms. The van der Waals surface area contributed by atoms with Gasteiger partial charge in [0.25, 0.3) is 0 Å². The monoisotopic (exact) mass is 324 g/mol. The van der Waals surface area contributed by atoms with Gasteiger partial charge in [0.1, 0.15) is 13.2 Å². The Balaban J connectivity index is 1.44. The Morgan fingerprint density at radius 1 is 1.00 bits per heavy atom. The van der Waals surface area contributed by atoms with E-state index in [0.29, 0.717) is 30.4 Å². The van der Waals surface area contributed by atoms with Crippen LogP contribution >= 0.6 is 0 Å². The van der Waals surface area contributed by atoms with Crippen molar-refractivity contribution >= 4 is 11.7 Å². The molecule has 0 unspecified atom stereocenters. The maximum Gasteiger partial charge on any atom is 0.319 e. The van der Waals surface area contributed by atoms with E-state index in [2.05, 4.69) is 41.8 Å². The molecule has 2 aromatic rings. The molecular formula is C19H20N2O3. The lowest BCUT2D eigenvalue weighted by atomic mass is 10.0. The minimum Gasteiger partial charge on any atom is -0.486 e. The Morgan fingerprint density at radius 3 is 2.42 bits per heavy atom. The van der Waals surface area contributed by atoms with E-state index in [-0.39, 0.29) is 11.6 Å². The maximum absolute atomic E-state index is 12.4. The topological polar surface area (TPSA) is 59.6 Å². The predicted octanol–water partition coefficient (Wildman–Crippen LogP) is 3.58. The van der Waals surface area contributed by atoms with Crippen LogP contribution in [0.1, 0.15) is 24.0 Å². The average Bonchev–Trinajstić information content (AvgIpc) is 3.35. The van der Waals surface area contributed by atoms with Crippen molar-refractivity contribution in [3.05, 3.63) is 53.6 Å². The van der Waals surface area contributed by atoms with Gasteiger partial charge in [-0.3, -0.25) is 0 Å². The minimum atomic E-state index is -0.231. The van der Waals surface area contributed by atoms with Gasteiger partial charge in [-0.05, 0) is 37.5 Å². The third kappa shape index (κ3) is 2.89. The number of carbonyl (C=O) groups is 1. The van der Waals surface area contributed by atoms with Crippen LogP contribution in [0.5, 0.6) is 11.5 Å².